The number of hydrogen-bond donors (Lipinski definition) is 1. The highest BCUT2D eigenvalue weighted by molar-refractivity contribution is 5.28. The molecule has 0 aliphatic carbocycles. The molecular weight excluding hydrogens is 222 g/mol. The molecule has 0 bridgehead atoms. The SMILES string of the molecule is CCNCC(OC(C)C(C)C)c1ccccc1C. The highest BCUT2D eigenvalue weighted by Gasteiger charge is 2.18. The van der Waals surface area contributed by atoms with E-state index in [1.54, 1.807) is 0 Å². The van der Waals surface area contributed by atoms with Crippen LogP contribution in [-0.2, 0) is 4.74 Å². The van der Waals surface area contributed by atoms with Gasteiger partial charge < -0.3 is 10.1 Å². The Balaban J connectivity index is 2.81. The minimum absolute atomic E-state index is 0.142. The summed E-state index contributed by atoms with van der Waals surface area (Å²) in [6.45, 7) is 12.7. The molecule has 102 valence electrons. The molecule has 1 aromatic rings. The van der Waals surface area contributed by atoms with Gasteiger partial charge in [0.25, 0.3) is 0 Å². The highest BCUT2D eigenvalue weighted by atomic mass is 16.5. The van der Waals surface area contributed by atoms with Gasteiger partial charge in [-0.2, -0.15) is 0 Å². The smallest absolute Gasteiger partial charge is 0.0955 e. The molecular formula is C16H27NO. The summed E-state index contributed by atoms with van der Waals surface area (Å²) in [7, 11) is 0. The van der Waals surface area contributed by atoms with Crippen LogP contribution >= 0.6 is 0 Å². The fraction of sp³-hybridized carbons (Fsp3) is 0.625. The largest absolute Gasteiger partial charge is 0.369 e. The lowest BCUT2D eigenvalue weighted by molar-refractivity contribution is -0.0260. The standard InChI is InChI=1S/C16H27NO/c1-6-17-11-16(18-14(5)12(2)3)15-10-8-7-9-13(15)4/h7-10,12,14,16-17H,6,11H2,1-5H3. The van der Waals surface area contributed by atoms with Crippen molar-refractivity contribution >= 4 is 0 Å². The van der Waals surface area contributed by atoms with Crippen molar-refractivity contribution in [3.05, 3.63) is 35.4 Å². The van der Waals surface area contributed by atoms with E-state index in [1.165, 1.54) is 11.1 Å². The van der Waals surface area contributed by atoms with Crippen molar-refractivity contribution in [2.24, 2.45) is 5.92 Å². The zero-order valence-electron chi connectivity index (χ0n) is 12.4. The molecule has 18 heavy (non-hydrogen) atoms. The molecule has 0 radical (unpaired) electrons. The number of likely N-dealkylation sites (N-methyl/N-ethyl adjacent to an activating group) is 1. The molecule has 0 aliphatic rings. The van der Waals surface area contributed by atoms with Gasteiger partial charge in [-0.25, -0.2) is 0 Å². The quantitative estimate of drug-likeness (QED) is 0.795. The average Bonchev–Trinajstić information content (AvgIpc) is 2.35. The van der Waals surface area contributed by atoms with Gasteiger partial charge in [0, 0.05) is 6.54 Å². The van der Waals surface area contributed by atoms with E-state index in [-0.39, 0.29) is 12.2 Å². The van der Waals surface area contributed by atoms with Crippen molar-refractivity contribution in [3.63, 3.8) is 0 Å². The van der Waals surface area contributed by atoms with Gasteiger partial charge in [-0.15, -0.1) is 0 Å². The fourth-order valence-electron chi connectivity index (χ4n) is 1.87. The van der Waals surface area contributed by atoms with Crippen LogP contribution in [0.25, 0.3) is 0 Å². The van der Waals surface area contributed by atoms with E-state index in [9.17, 15) is 0 Å². The number of benzene rings is 1. The maximum Gasteiger partial charge on any atom is 0.0955 e. The molecule has 0 amide bonds. The van der Waals surface area contributed by atoms with Crippen molar-refractivity contribution in [1.29, 1.82) is 0 Å². The molecule has 0 fully saturated rings. The molecule has 0 aliphatic heterocycles. The normalized spacial score (nSPS) is 14.8. The minimum Gasteiger partial charge on any atom is -0.369 e. The first-order valence-corrected chi connectivity index (χ1v) is 6.98. The number of ether oxygens (including phenoxy) is 1. The Morgan fingerprint density at radius 3 is 2.39 bits per heavy atom. The van der Waals surface area contributed by atoms with Crippen LogP contribution in [0.4, 0.5) is 0 Å². The Bertz CT molecular complexity index is 349. The zero-order chi connectivity index (χ0) is 13.5. The summed E-state index contributed by atoms with van der Waals surface area (Å²) < 4.78 is 6.22. The van der Waals surface area contributed by atoms with Crippen LogP contribution in [0, 0.1) is 12.8 Å². The van der Waals surface area contributed by atoms with Crippen molar-refractivity contribution in [2.45, 2.75) is 46.8 Å². The van der Waals surface area contributed by atoms with E-state index < -0.39 is 0 Å². The van der Waals surface area contributed by atoms with E-state index in [1.807, 2.05) is 0 Å². The summed E-state index contributed by atoms with van der Waals surface area (Å²) in [5.74, 6) is 0.540. The first-order valence-electron chi connectivity index (χ1n) is 6.98. The number of nitrogens with one attached hydrogen (secondary N) is 1. The Labute approximate surface area is 112 Å². The average molecular weight is 249 g/mol. The first kappa shape index (κ1) is 15.2. The van der Waals surface area contributed by atoms with Gasteiger partial charge in [-0.05, 0) is 37.4 Å². The van der Waals surface area contributed by atoms with Crippen molar-refractivity contribution in [2.75, 3.05) is 13.1 Å². The molecule has 0 saturated heterocycles. The van der Waals surface area contributed by atoms with Crippen LogP contribution < -0.4 is 5.32 Å². The summed E-state index contributed by atoms with van der Waals surface area (Å²) in [6.07, 6.45) is 0.414. The Morgan fingerprint density at radius 1 is 1.17 bits per heavy atom. The van der Waals surface area contributed by atoms with E-state index >= 15 is 0 Å². The summed E-state index contributed by atoms with van der Waals surface area (Å²) in [5, 5.41) is 3.39. The summed E-state index contributed by atoms with van der Waals surface area (Å²) in [4.78, 5) is 0. The van der Waals surface area contributed by atoms with E-state index in [0.717, 1.165) is 13.1 Å². The lowest BCUT2D eigenvalue weighted by Crippen LogP contribution is -2.28. The lowest BCUT2D eigenvalue weighted by Gasteiger charge is -2.26. The van der Waals surface area contributed by atoms with Gasteiger partial charge >= 0.3 is 0 Å². The van der Waals surface area contributed by atoms with Crippen molar-refractivity contribution in [1.82, 2.24) is 5.32 Å². The third-order valence-electron chi connectivity index (χ3n) is 3.43. The van der Waals surface area contributed by atoms with E-state index in [4.69, 9.17) is 4.74 Å². The minimum atomic E-state index is 0.142. The topological polar surface area (TPSA) is 21.3 Å². The predicted molar refractivity (Wildman–Crippen MR) is 77.8 cm³/mol. The van der Waals surface area contributed by atoms with Gasteiger partial charge in [-0.1, -0.05) is 45.0 Å². The van der Waals surface area contributed by atoms with Gasteiger partial charge in [0.1, 0.15) is 0 Å². The van der Waals surface area contributed by atoms with Crippen LogP contribution in [0.1, 0.15) is 44.9 Å². The second-order valence-electron chi connectivity index (χ2n) is 5.24. The number of rotatable bonds is 7. The highest BCUT2D eigenvalue weighted by Crippen LogP contribution is 2.24. The van der Waals surface area contributed by atoms with Gasteiger partial charge in [0.2, 0.25) is 0 Å². The van der Waals surface area contributed by atoms with Crippen LogP contribution in [0.3, 0.4) is 0 Å². The molecule has 0 spiro atoms. The van der Waals surface area contributed by atoms with Crippen molar-refractivity contribution in [3.8, 4) is 0 Å². The molecule has 2 heteroatoms. The van der Waals surface area contributed by atoms with Gasteiger partial charge in [0.05, 0.1) is 12.2 Å². The third kappa shape index (κ3) is 4.43. The molecule has 1 aromatic carbocycles. The fourth-order valence-corrected chi connectivity index (χ4v) is 1.87. The zero-order valence-corrected chi connectivity index (χ0v) is 12.4. The number of aryl methyl sites for hydroxylation is 1. The summed E-state index contributed by atoms with van der Waals surface area (Å²) >= 11 is 0. The summed E-state index contributed by atoms with van der Waals surface area (Å²) in [6, 6.07) is 8.49. The maximum absolute atomic E-state index is 6.22. The molecule has 1 rings (SSSR count). The van der Waals surface area contributed by atoms with Crippen LogP contribution in [-0.4, -0.2) is 19.2 Å². The Kier molecular flexibility index (Phi) is 6.37. The predicted octanol–water partition coefficient (Wildman–Crippen LogP) is 3.71. The molecule has 1 N–H and O–H groups in total. The van der Waals surface area contributed by atoms with Crippen LogP contribution in [0.5, 0.6) is 0 Å². The first-order chi connectivity index (χ1) is 8.56. The summed E-state index contributed by atoms with van der Waals surface area (Å²) in [5.41, 5.74) is 2.60. The molecule has 2 atom stereocenters. The van der Waals surface area contributed by atoms with E-state index in [0.29, 0.717) is 5.92 Å². The molecule has 2 unspecified atom stereocenters. The number of hydrogen-bond acceptors (Lipinski definition) is 2. The second-order valence-corrected chi connectivity index (χ2v) is 5.24. The van der Waals surface area contributed by atoms with Crippen LogP contribution in [0.2, 0.25) is 0 Å². The molecule has 0 heterocycles. The Hall–Kier alpha value is -0.860. The van der Waals surface area contributed by atoms with Crippen LogP contribution in [0.15, 0.2) is 24.3 Å². The third-order valence-corrected chi connectivity index (χ3v) is 3.43. The van der Waals surface area contributed by atoms with Gasteiger partial charge in [-0.3, -0.25) is 0 Å². The second kappa shape index (κ2) is 7.55. The molecule has 2 nitrogen and oxygen atoms in total. The maximum atomic E-state index is 6.22. The lowest BCUT2D eigenvalue weighted by atomic mass is 10.0. The molecule has 0 aromatic heterocycles. The van der Waals surface area contributed by atoms with E-state index in [2.05, 4.69) is 64.2 Å². The Morgan fingerprint density at radius 2 is 1.83 bits per heavy atom. The molecule has 0 saturated carbocycles. The van der Waals surface area contributed by atoms with Crippen molar-refractivity contribution < 1.29 is 4.74 Å². The van der Waals surface area contributed by atoms with Gasteiger partial charge in [0.15, 0.2) is 0 Å². The monoisotopic (exact) mass is 249 g/mol.